The second kappa shape index (κ2) is 5.90. The minimum Gasteiger partial charge on any atom is -0.497 e. The van der Waals surface area contributed by atoms with Gasteiger partial charge < -0.3 is 4.74 Å². The predicted molar refractivity (Wildman–Crippen MR) is 80.9 cm³/mol. The van der Waals surface area contributed by atoms with Crippen molar-refractivity contribution >= 4 is 33.6 Å². The van der Waals surface area contributed by atoms with Crippen LogP contribution in [0.3, 0.4) is 0 Å². The van der Waals surface area contributed by atoms with E-state index >= 15 is 0 Å². The smallest absolute Gasteiger partial charge is 0.232 e. The van der Waals surface area contributed by atoms with Gasteiger partial charge in [-0.3, -0.25) is 4.55 Å². The summed E-state index contributed by atoms with van der Waals surface area (Å²) < 4.78 is 28.7. The molecule has 7 nitrogen and oxygen atoms in total. The van der Waals surface area contributed by atoms with Gasteiger partial charge in [-0.05, 0) is 24.3 Å². The fourth-order valence-corrected chi connectivity index (χ4v) is 3.18. The normalized spacial score (nSPS) is 12.7. The quantitative estimate of drug-likeness (QED) is 0.698. The first-order valence-corrected chi connectivity index (χ1v) is 7.92. The van der Waals surface area contributed by atoms with Crippen molar-refractivity contribution in [3.63, 3.8) is 0 Å². The summed E-state index contributed by atoms with van der Waals surface area (Å²) in [6, 6.07) is 9.36. The van der Waals surface area contributed by atoms with E-state index in [4.69, 9.17) is 9.29 Å². The highest BCUT2D eigenvalue weighted by Gasteiger charge is 2.10. The summed E-state index contributed by atoms with van der Waals surface area (Å²) in [5.41, 5.74) is 1.63. The van der Waals surface area contributed by atoms with Crippen LogP contribution in [-0.4, -0.2) is 30.9 Å². The lowest BCUT2D eigenvalue weighted by Crippen LogP contribution is -2.14. The molecular weight excluding hydrogens is 312 g/mol. The summed E-state index contributed by atoms with van der Waals surface area (Å²) in [6.07, 6.45) is 0. The lowest BCUT2D eigenvalue weighted by molar-refractivity contribution is 0.415. The second-order valence-corrected chi connectivity index (χ2v) is 6.10. The first kappa shape index (κ1) is 14.1. The first-order valence-electron chi connectivity index (χ1n) is 6.00. The zero-order valence-electron chi connectivity index (χ0n) is 11.0. The molecule has 0 spiro atoms. The topological polar surface area (TPSA) is 89.3 Å². The largest absolute Gasteiger partial charge is 0.497 e. The molecule has 2 N–H and O–H groups in total. The summed E-state index contributed by atoms with van der Waals surface area (Å²) in [5.74, 6) is 0.732. The van der Waals surface area contributed by atoms with Crippen LogP contribution in [-0.2, 0) is 17.8 Å². The molecule has 0 saturated carbocycles. The number of methoxy groups -OCH3 is 1. The molecular formula is C12H12N4O3S2. The van der Waals surface area contributed by atoms with Gasteiger partial charge in [0.1, 0.15) is 16.3 Å². The molecule has 2 heterocycles. The Morgan fingerprint density at radius 2 is 2.29 bits per heavy atom. The number of nitrogens with one attached hydrogen (secondary N) is 1. The molecule has 3 aromatic rings. The van der Waals surface area contributed by atoms with Gasteiger partial charge in [-0.1, -0.05) is 5.21 Å². The van der Waals surface area contributed by atoms with Crippen LogP contribution in [0.5, 0.6) is 5.75 Å². The van der Waals surface area contributed by atoms with Crippen molar-refractivity contribution in [1.82, 2.24) is 19.7 Å². The molecule has 2 aromatic heterocycles. The number of benzene rings is 1. The number of rotatable bonds is 5. The molecule has 1 atom stereocenters. The Balaban J connectivity index is 1.91. The number of hydrogen-bond acceptors (Lipinski definition) is 5. The van der Waals surface area contributed by atoms with Gasteiger partial charge in [-0.25, -0.2) is 13.6 Å². The van der Waals surface area contributed by atoms with E-state index < -0.39 is 11.3 Å². The number of fused-ring (bicyclic) bond motifs is 1. The molecule has 0 aliphatic rings. The van der Waals surface area contributed by atoms with E-state index in [-0.39, 0.29) is 0 Å². The molecule has 0 aliphatic heterocycles. The highest BCUT2D eigenvalue weighted by atomic mass is 32.2. The van der Waals surface area contributed by atoms with Crippen molar-refractivity contribution in [2.75, 3.05) is 7.11 Å². The zero-order chi connectivity index (χ0) is 14.8. The monoisotopic (exact) mass is 324 g/mol. The third-order valence-electron chi connectivity index (χ3n) is 2.88. The maximum absolute atomic E-state index is 10.6. The van der Waals surface area contributed by atoms with Crippen LogP contribution in [0.1, 0.15) is 4.88 Å². The number of nitrogens with zero attached hydrogens (tertiary/aromatic N) is 3. The van der Waals surface area contributed by atoms with Crippen LogP contribution in [0.2, 0.25) is 0 Å². The maximum atomic E-state index is 10.6. The van der Waals surface area contributed by atoms with Crippen molar-refractivity contribution in [2.45, 2.75) is 6.54 Å². The second-order valence-electron chi connectivity index (χ2n) is 4.17. The van der Waals surface area contributed by atoms with Crippen LogP contribution >= 0.6 is 11.3 Å². The van der Waals surface area contributed by atoms with E-state index in [0.717, 1.165) is 26.7 Å². The maximum Gasteiger partial charge on any atom is 0.232 e. The third-order valence-corrected chi connectivity index (χ3v) is 4.33. The fourth-order valence-electron chi connectivity index (χ4n) is 1.90. The predicted octanol–water partition coefficient (Wildman–Crippen LogP) is 1.72. The summed E-state index contributed by atoms with van der Waals surface area (Å²) in [4.78, 5) is 0.935. The SMILES string of the molecule is COc1ccc2c(c1)nnn2-c1ccc(CNS(=O)O)s1. The van der Waals surface area contributed by atoms with E-state index in [1.54, 1.807) is 11.8 Å². The average Bonchev–Trinajstić information content (AvgIpc) is 3.10. The molecule has 110 valence electrons. The third kappa shape index (κ3) is 2.95. The lowest BCUT2D eigenvalue weighted by atomic mass is 10.3. The van der Waals surface area contributed by atoms with E-state index in [1.165, 1.54) is 11.3 Å². The number of aromatic nitrogens is 3. The van der Waals surface area contributed by atoms with Gasteiger partial charge in [0.25, 0.3) is 0 Å². The standard InChI is InChI=1S/C12H12N4O3S2/c1-19-8-2-4-11-10(6-8)14-15-16(11)12-5-3-9(20-12)7-13-21(17)18/h2-6,13H,7H2,1H3,(H,17,18). The molecule has 1 unspecified atom stereocenters. The van der Waals surface area contributed by atoms with Crippen molar-refractivity contribution in [3.8, 4) is 10.8 Å². The molecule has 21 heavy (non-hydrogen) atoms. The highest BCUT2D eigenvalue weighted by Crippen LogP contribution is 2.25. The van der Waals surface area contributed by atoms with E-state index in [9.17, 15) is 4.21 Å². The minimum atomic E-state index is -2.01. The molecule has 0 radical (unpaired) electrons. The van der Waals surface area contributed by atoms with E-state index in [2.05, 4.69) is 15.0 Å². The molecule has 0 amide bonds. The Hall–Kier alpha value is -1.81. The molecule has 9 heteroatoms. The van der Waals surface area contributed by atoms with Crippen molar-refractivity contribution in [3.05, 3.63) is 35.2 Å². The summed E-state index contributed by atoms with van der Waals surface area (Å²) >= 11 is -0.533. The molecule has 0 bridgehead atoms. The Morgan fingerprint density at radius 3 is 3.05 bits per heavy atom. The minimum absolute atomic E-state index is 0.328. The Kier molecular flexibility index (Phi) is 3.97. The van der Waals surface area contributed by atoms with Gasteiger partial charge in [-0.15, -0.1) is 16.4 Å². The summed E-state index contributed by atoms with van der Waals surface area (Å²) in [7, 11) is 1.61. The van der Waals surface area contributed by atoms with Crippen molar-refractivity contribution < 1.29 is 13.5 Å². The number of ether oxygens (including phenoxy) is 1. The molecule has 0 fully saturated rings. The van der Waals surface area contributed by atoms with E-state index in [1.807, 2.05) is 30.3 Å². The summed E-state index contributed by atoms with van der Waals surface area (Å²) in [6.45, 7) is 0.328. The average molecular weight is 324 g/mol. The number of thiophene rings is 1. The van der Waals surface area contributed by atoms with Crippen LogP contribution in [0, 0.1) is 0 Å². The van der Waals surface area contributed by atoms with Gasteiger partial charge in [0, 0.05) is 17.5 Å². The van der Waals surface area contributed by atoms with Crippen LogP contribution < -0.4 is 9.46 Å². The van der Waals surface area contributed by atoms with Gasteiger partial charge in [0.2, 0.25) is 11.3 Å². The zero-order valence-corrected chi connectivity index (χ0v) is 12.6. The molecule has 1 aromatic carbocycles. The molecule has 3 rings (SSSR count). The van der Waals surface area contributed by atoms with Gasteiger partial charge in [-0.2, -0.15) is 0 Å². The van der Waals surface area contributed by atoms with Crippen LogP contribution in [0.25, 0.3) is 16.0 Å². The summed E-state index contributed by atoms with van der Waals surface area (Å²) in [5, 5.41) is 9.16. The van der Waals surface area contributed by atoms with Crippen LogP contribution in [0.4, 0.5) is 0 Å². The van der Waals surface area contributed by atoms with Crippen molar-refractivity contribution in [1.29, 1.82) is 0 Å². The fraction of sp³-hybridized carbons (Fsp3) is 0.167. The Labute approximate surface area is 127 Å². The first-order chi connectivity index (χ1) is 10.2. The number of hydrogen-bond donors (Lipinski definition) is 2. The van der Waals surface area contributed by atoms with Gasteiger partial charge in [0.05, 0.1) is 12.6 Å². The van der Waals surface area contributed by atoms with E-state index in [0.29, 0.717) is 6.54 Å². The molecule has 0 saturated heterocycles. The van der Waals surface area contributed by atoms with Gasteiger partial charge in [0.15, 0.2) is 0 Å². The Bertz CT molecular complexity index is 799. The van der Waals surface area contributed by atoms with Crippen molar-refractivity contribution in [2.24, 2.45) is 0 Å². The lowest BCUT2D eigenvalue weighted by Gasteiger charge is -2.00. The highest BCUT2D eigenvalue weighted by molar-refractivity contribution is 7.77. The van der Waals surface area contributed by atoms with Crippen LogP contribution in [0.15, 0.2) is 30.3 Å². The Morgan fingerprint density at radius 1 is 1.43 bits per heavy atom. The molecule has 0 aliphatic carbocycles. The van der Waals surface area contributed by atoms with Gasteiger partial charge >= 0.3 is 0 Å².